The minimum atomic E-state index is -0.506. The summed E-state index contributed by atoms with van der Waals surface area (Å²) in [6.07, 6.45) is 3.20. The van der Waals surface area contributed by atoms with Crippen molar-refractivity contribution in [3.8, 4) is 0 Å². The normalized spacial score (nSPS) is 31.3. The Bertz CT molecular complexity index is 204. The Kier molecular flexibility index (Phi) is 2.47. The lowest BCUT2D eigenvalue weighted by Gasteiger charge is -2.20. The van der Waals surface area contributed by atoms with Crippen molar-refractivity contribution in [3.05, 3.63) is 23.3 Å². The third kappa shape index (κ3) is 1.70. The Balaban J connectivity index is 2.81. The van der Waals surface area contributed by atoms with E-state index < -0.39 is 12.2 Å². The third-order valence-corrected chi connectivity index (χ3v) is 2.01. The van der Waals surface area contributed by atoms with Gasteiger partial charge in [0.15, 0.2) is 0 Å². The van der Waals surface area contributed by atoms with Crippen LogP contribution in [0.25, 0.3) is 0 Å². The molecule has 0 aromatic rings. The first-order valence-electron chi connectivity index (χ1n) is 3.90. The molecule has 11 heavy (non-hydrogen) atoms. The molecule has 0 fully saturated rings. The summed E-state index contributed by atoms with van der Waals surface area (Å²) in [4.78, 5) is 0. The molecule has 2 N–H and O–H groups in total. The lowest BCUT2D eigenvalue weighted by molar-refractivity contribution is 0.217. The Morgan fingerprint density at radius 2 is 2.00 bits per heavy atom. The van der Waals surface area contributed by atoms with Crippen molar-refractivity contribution < 1.29 is 10.2 Å². The van der Waals surface area contributed by atoms with Gasteiger partial charge in [-0.05, 0) is 24.5 Å². The molecular formula is C9H14O2. The molecule has 2 unspecified atom stereocenters. The summed E-state index contributed by atoms with van der Waals surface area (Å²) in [5, 5.41) is 18.7. The van der Waals surface area contributed by atoms with E-state index in [1.807, 2.05) is 13.8 Å². The van der Waals surface area contributed by atoms with Crippen LogP contribution in [-0.2, 0) is 0 Å². The number of hydrogen-bond donors (Lipinski definition) is 2. The molecule has 0 saturated heterocycles. The lowest BCUT2D eigenvalue weighted by Crippen LogP contribution is -2.19. The molecular weight excluding hydrogens is 140 g/mol. The second-order valence-corrected chi connectivity index (χ2v) is 2.90. The molecule has 0 aliphatic heterocycles. The van der Waals surface area contributed by atoms with Crippen molar-refractivity contribution in [2.24, 2.45) is 0 Å². The first-order valence-corrected chi connectivity index (χ1v) is 3.90. The van der Waals surface area contributed by atoms with Crippen molar-refractivity contribution in [2.75, 3.05) is 0 Å². The van der Waals surface area contributed by atoms with Crippen LogP contribution in [0, 0.1) is 0 Å². The van der Waals surface area contributed by atoms with Gasteiger partial charge in [0.1, 0.15) is 0 Å². The fourth-order valence-electron chi connectivity index (χ4n) is 1.32. The van der Waals surface area contributed by atoms with Gasteiger partial charge in [0.2, 0.25) is 0 Å². The van der Waals surface area contributed by atoms with Crippen LogP contribution < -0.4 is 0 Å². The summed E-state index contributed by atoms with van der Waals surface area (Å²) in [7, 11) is 0. The van der Waals surface area contributed by atoms with Crippen LogP contribution in [0.2, 0.25) is 0 Å². The minimum Gasteiger partial charge on any atom is -0.385 e. The van der Waals surface area contributed by atoms with Gasteiger partial charge in [-0.1, -0.05) is 19.1 Å². The van der Waals surface area contributed by atoms with Crippen LogP contribution >= 0.6 is 0 Å². The fraction of sp³-hybridized carbons (Fsp3) is 0.556. The molecule has 0 aromatic heterocycles. The van der Waals surface area contributed by atoms with Crippen molar-refractivity contribution in [1.82, 2.24) is 0 Å². The van der Waals surface area contributed by atoms with Gasteiger partial charge in [0.25, 0.3) is 0 Å². The van der Waals surface area contributed by atoms with Crippen LogP contribution in [0.3, 0.4) is 0 Å². The largest absolute Gasteiger partial charge is 0.385 e. The monoisotopic (exact) mass is 154 g/mol. The maximum atomic E-state index is 9.51. The molecule has 1 aliphatic carbocycles. The molecule has 2 atom stereocenters. The van der Waals surface area contributed by atoms with Crippen molar-refractivity contribution in [1.29, 1.82) is 0 Å². The van der Waals surface area contributed by atoms with Crippen LogP contribution in [-0.4, -0.2) is 22.4 Å². The summed E-state index contributed by atoms with van der Waals surface area (Å²) in [5.41, 5.74) is 1.76. The van der Waals surface area contributed by atoms with Crippen LogP contribution in [0.15, 0.2) is 23.3 Å². The highest BCUT2D eigenvalue weighted by Crippen LogP contribution is 2.21. The van der Waals surface area contributed by atoms with Crippen LogP contribution in [0.4, 0.5) is 0 Å². The highest BCUT2D eigenvalue weighted by molar-refractivity contribution is 5.30. The summed E-state index contributed by atoms with van der Waals surface area (Å²) in [6, 6.07) is 0. The van der Waals surface area contributed by atoms with Gasteiger partial charge in [-0.25, -0.2) is 0 Å². The molecule has 1 aliphatic rings. The summed E-state index contributed by atoms with van der Waals surface area (Å²) < 4.78 is 0. The molecule has 0 saturated carbocycles. The topological polar surface area (TPSA) is 40.5 Å². The zero-order valence-corrected chi connectivity index (χ0v) is 6.91. The zero-order chi connectivity index (χ0) is 8.43. The first kappa shape index (κ1) is 8.50. The van der Waals surface area contributed by atoms with Gasteiger partial charge < -0.3 is 10.2 Å². The molecule has 2 nitrogen and oxygen atoms in total. The standard InChI is InChI=1S/C9H14O2/c1-3-7-5-8(10)4-6(2)9(7)11/h4-5,8-11H,3H2,1-2H3. The molecule has 0 aromatic carbocycles. The van der Waals surface area contributed by atoms with Gasteiger partial charge >= 0.3 is 0 Å². The first-order chi connectivity index (χ1) is 5.15. The van der Waals surface area contributed by atoms with Gasteiger partial charge in [0, 0.05) is 0 Å². The van der Waals surface area contributed by atoms with Crippen LogP contribution in [0.1, 0.15) is 20.3 Å². The molecule has 62 valence electrons. The Hall–Kier alpha value is -0.600. The van der Waals surface area contributed by atoms with Gasteiger partial charge in [0.05, 0.1) is 12.2 Å². The van der Waals surface area contributed by atoms with E-state index in [9.17, 15) is 10.2 Å². The molecule has 1 rings (SSSR count). The summed E-state index contributed by atoms with van der Waals surface area (Å²) in [5.74, 6) is 0. The smallest absolute Gasteiger partial charge is 0.0960 e. The number of hydrogen-bond acceptors (Lipinski definition) is 2. The highest BCUT2D eigenvalue weighted by atomic mass is 16.3. The minimum absolute atomic E-state index is 0.469. The van der Waals surface area contributed by atoms with Gasteiger partial charge in [-0.3, -0.25) is 0 Å². The maximum absolute atomic E-state index is 9.51. The number of aliphatic hydroxyl groups is 2. The second-order valence-electron chi connectivity index (χ2n) is 2.90. The molecule has 0 radical (unpaired) electrons. The summed E-state index contributed by atoms with van der Waals surface area (Å²) in [6.45, 7) is 3.80. The van der Waals surface area contributed by atoms with E-state index in [-0.39, 0.29) is 0 Å². The molecule has 0 heterocycles. The van der Waals surface area contributed by atoms with E-state index >= 15 is 0 Å². The van der Waals surface area contributed by atoms with E-state index in [4.69, 9.17) is 0 Å². The van der Waals surface area contributed by atoms with E-state index in [2.05, 4.69) is 0 Å². The zero-order valence-electron chi connectivity index (χ0n) is 6.91. The quantitative estimate of drug-likeness (QED) is 0.553. The van der Waals surface area contributed by atoms with Crippen molar-refractivity contribution in [3.63, 3.8) is 0 Å². The number of rotatable bonds is 1. The second kappa shape index (κ2) is 3.20. The van der Waals surface area contributed by atoms with Gasteiger partial charge in [-0.15, -0.1) is 0 Å². The van der Waals surface area contributed by atoms with E-state index in [1.165, 1.54) is 0 Å². The van der Waals surface area contributed by atoms with Gasteiger partial charge in [-0.2, -0.15) is 0 Å². The Labute approximate surface area is 66.9 Å². The third-order valence-electron chi connectivity index (χ3n) is 2.01. The average molecular weight is 154 g/mol. The van der Waals surface area contributed by atoms with Crippen molar-refractivity contribution >= 4 is 0 Å². The fourth-order valence-corrected chi connectivity index (χ4v) is 1.32. The summed E-state index contributed by atoms with van der Waals surface area (Å²) >= 11 is 0. The molecule has 0 bridgehead atoms. The molecule has 2 heteroatoms. The van der Waals surface area contributed by atoms with Crippen molar-refractivity contribution in [2.45, 2.75) is 32.5 Å². The van der Waals surface area contributed by atoms with Crippen LogP contribution in [0.5, 0.6) is 0 Å². The number of aliphatic hydroxyl groups excluding tert-OH is 2. The maximum Gasteiger partial charge on any atom is 0.0960 e. The average Bonchev–Trinajstić information content (AvgIpc) is 1.96. The highest BCUT2D eigenvalue weighted by Gasteiger charge is 2.17. The Morgan fingerprint density at radius 1 is 1.36 bits per heavy atom. The Morgan fingerprint density at radius 3 is 2.55 bits per heavy atom. The molecule has 0 spiro atoms. The predicted octanol–water partition coefficient (Wildman–Crippen LogP) is 1.00. The predicted molar refractivity (Wildman–Crippen MR) is 44.1 cm³/mol. The van der Waals surface area contributed by atoms with E-state index in [0.29, 0.717) is 0 Å². The lowest BCUT2D eigenvalue weighted by atomic mass is 9.93. The van der Waals surface area contributed by atoms with E-state index in [1.54, 1.807) is 12.2 Å². The van der Waals surface area contributed by atoms with E-state index in [0.717, 1.165) is 17.6 Å². The SMILES string of the molecule is CCC1=CC(O)C=C(C)C1O. The molecule has 0 amide bonds.